The zero-order chi connectivity index (χ0) is 25.4. The maximum atomic E-state index is 13.0. The summed E-state index contributed by atoms with van der Waals surface area (Å²) in [6, 6.07) is -0.923. The van der Waals surface area contributed by atoms with Gasteiger partial charge < -0.3 is 21.0 Å². The van der Waals surface area contributed by atoms with Gasteiger partial charge in [0.1, 0.15) is 29.9 Å². The van der Waals surface area contributed by atoms with E-state index in [1.807, 2.05) is 4.40 Å². The minimum absolute atomic E-state index is 0.0643. The molecule has 3 aromatic heterocycles. The van der Waals surface area contributed by atoms with Gasteiger partial charge in [-0.15, -0.1) is 34.9 Å². The molecule has 16 heteroatoms. The van der Waals surface area contributed by atoms with Crippen molar-refractivity contribution in [3.8, 4) is 0 Å². The number of carbonyl (C=O) groups is 3. The van der Waals surface area contributed by atoms with E-state index in [1.165, 1.54) is 35.5 Å². The number of anilines is 1. The van der Waals surface area contributed by atoms with Crippen molar-refractivity contribution in [2.45, 2.75) is 16.4 Å². The van der Waals surface area contributed by atoms with Crippen LogP contribution in [0.1, 0.15) is 5.69 Å². The Kier molecular flexibility index (Phi) is 6.55. The summed E-state index contributed by atoms with van der Waals surface area (Å²) >= 11 is 3.91. The molecule has 1 saturated heterocycles. The smallest absolute Gasteiger partial charge is 0.352 e. The summed E-state index contributed by atoms with van der Waals surface area (Å²) in [5.41, 5.74) is 6.94. The number of hydrogen-bond acceptors (Lipinski definition) is 12. The highest BCUT2D eigenvalue weighted by Gasteiger charge is 2.54. The number of carboxylic acids is 1. The van der Waals surface area contributed by atoms with Gasteiger partial charge in [0, 0.05) is 29.3 Å². The van der Waals surface area contributed by atoms with Crippen LogP contribution in [0.25, 0.3) is 5.65 Å². The molecule has 2 atom stereocenters. The maximum absolute atomic E-state index is 13.0. The number of aliphatic carboxylic acids is 1. The predicted molar refractivity (Wildman–Crippen MR) is 133 cm³/mol. The molecule has 186 valence electrons. The standard InChI is InChI=1S/C20H18N8O5S3/c1-33-26-13(10-8-36-20(21)24-10)16(29)25-14-17(30)28-15(19(31)32)9(7-35-18(14)28)6-34-12-5-22-4-11-23-2-3-27(11)12/h2-5,8,14,18H,6-7H2,1H3,(H2,21,24)(H,25,29)(H,31,32)/t14-,18+/m1/s1. The molecule has 13 nitrogen and oxygen atoms in total. The molecule has 0 unspecified atom stereocenters. The number of nitrogens with one attached hydrogen (secondary N) is 1. The summed E-state index contributed by atoms with van der Waals surface area (Å²) in [5.74, 6) is -1.67. The third kappa shape index (κ3) is 4.27. The largest absolute Gasteiger partial charge is 0.477 e. The second-order valence-electron chi connectivity index (χ2n) is 7.50. The van der Waals surface area contributed by atoms with E-state index in [0.717, 1.165) is 16.4 Å². The number of oxime groups is 1. The van der Waals surface area contributed by atoms with E-state index >= 15 is 0 Å². The van der Waals surface area contributed by atoms with E-state index in [9.17, 15) is 19.5 Å². The summed E-state index contributed by atoms with van der Waals surface area (Å²) in [6.07, 6.45) is 6.76. The first-order valence-electron chi connectivity index (χ1n) is 10.3. The first-order valence-corrected chi connectivity index (χ1v) is 13.2. The SMILES string of the molecule is CON=C(C(=O)N[C@@H]1C(=O)N2C(C(=O)O)=C(CSc3cncc4nccn34)CS[C@@H]12)c1csc(N)n1. The minimum Gasteiger partial charge on any atom is -0.477 e. The normalized spacial score (nSPS) is 19.8. The molecule has 5 rings (SSSR count). The number of thiazole rings is 1. The lowest BCUT2D eigenvalue weighted by atomic mass is 10.0. The Morgan fingerprint density at radius 3 is 2.97 bits per heavy atom. The highest BCUT2D eigenvalue weighted by atomic mass is 32.2. The van der Waals surface area contributed by atoms with Gasteiger partial charge in [-0.3, -0.25) is 23.9 Å². The zero-order valence-corrected chi connectivity index (χ0v) is 21.0. The van der Waals surface area contributed by atoms with Gasteiger partial charge >= 0.3 is 5.97 Å². The number of carbonyl (C=O) groups excluding carboxylic acids is 2. The quantitative estimate of drug-likeness (QED) is 0.156. The third-order valence-corrected chi connectivity index (χ3v) is 8.48. The van der Waals surface area contributed by atoms with Gasteiger partial charge in [0.05, 0.1) is 17.4 Å². The number of nitrogens with zero attached hydrogens (tertiary/aromatic N) is 6. The molecule has 1 fully saturated rings. The molecule has 0 aliphatic carbocycles. The minimum atomic E-state index is -1.20. The van der Waals surface area contributed by atoms with Crippen LogP contribution in [0.2, 0.25) is 0 Å². The molecule has 36 heavy (non-hydrogen) atoms. The van der Waals surface area contributed by atoms with Gasteiger partial charge in [0.2, 0.25) is 0 Å². The van der Waals surface area contributed by atoms with E-state index < -0.39 is 29.2 Å². The Labute approximate surface area is 215 Å². The van der Waals surface area contributed by atoms with Crippen LogP contribution >= 0.6 is 34.9 Å². The molecule has 0 spiro atoms. The van der Waals surface area contributed by atoms with Crippen molar-refractivity contribution in [1.82, 2.24) is 29.6 Å². The molecule has 2 aliphatic heterocycles. The molecular weight excluding hydrogens is 528 g/mol. The fourth-order valence-corrected chi connectivity index (χ4v) is 6.80. The van der Waals surface area contributed by atoms with E-state index in [4.69, 9.17) is 10.6 Å². The van der Waals surface area contributed by atoms with Crippen LogP contribution in [0.3, 0.4) is 0 Å². The number of carboxylic acid groups (broad SMARTS) is 1. The molecular formula is C20H18N8O5S3. The van der Waals surface area contributed by atoms with Crippen molar-refractivity contribution >= 4 is 69.1 Å². The summed E-state index contributed by atoms with van der Waals surface area (Å²) in [5, 5.41) is 18.3. The van der Waals surface area contributed by atoms with Crippen molar-refractivity contribution in [1.29, 1.82) is 0 Å². The van der Waals surface area contributed by atoms with E-state index in [2.05, 4.69) is 25.4 Å². The van der Waals surface area contributed by atoms with E-state index in [-0.39, 0.29) is 22.2 Å². The van der Waals surface area contributed by atoms with Crippen molar-refractivity contribution in [3.63, 3.8) is 0 Å². The summed E-state index contributed by atoms with van der Waals surface area (Å²) in [7, 11) is 1.28. The van der Waals surface area contributed by atoms with Crippen LogP contribution in [-0.2, 0) is 19.2 Å². The number of aromatic nitrogens is 4. The fraction of sp³-hybridized carbons (Fsp3) is 0.250. The van der Waals surface area contributed by atoms with Crippen molar-refractivity contribution in [3.05, 3.63) is 47.1 Å². The van der Waals surface area contributed by atoms with Gasteiger partial charge in [-0.1, -0.05) is 5.16 Å². The average molecular weight is 547 g/mol. The Hall–Kier alpha value is -3.63. The van der Waals surface area contributed by atoms with E-state index in [0.29, 0.717) is 22.7 Å². The number of nitrogens with two attached hydrogens (primary N) is 1. The van der Waals surface area contributed by atoms with Gasteiger partial charge in [0.25, 0.3) is 11.8 Å². The molecule has 3 aromatic rings. The van der Waals surface area contributed by atoms with Crippen LogP contribution in [0.5, 0.6) is 0 Å². The molecule has 4 N–H and O–H groups in total. The van der Waals surface area contributed by atoms with Crippen molar-refractivity contribution < 1.29 is 24.3 Å². The number of β-lactam (4-membered cyclic amide) rings is 1. The molecule has 0 radical (unpaired) electrons. The Morgan fingerprint density at radius 2 is 2.25 bits per heavy atom. The number of amides is 2. The fourth-order valence-electron chi connectivity index (χ4n) is 3.79. The second kappa shape index (κ2) is 9.79. The van der Waals surface area contributed by atoms with Crippen LogP contribution in [0, 0.1) is 0 Å². The molecule has 0 aromatic carbocycles. The highest BCUT2D eigenvalue weighted by molar-refractivity contribution is 8.01. The summed E-state index contributed by atoms with van der Waals surface area (Å²) in [6.45, 7) is 0. The Bertz CT molecular complexity index is 1430. The topological polar surface area (TPSA) is 177 Å². The van der Waals surface area contributed by atoms with Crippen LogP contribution < -0.4 is 11.1 Å². The highest BCUT2D eigenvalue weighted by Crippen LogP contribution is 2.41. The monoisotopic (exact) mass is 546 g/mol. The van der Waals surface area contributed by atoms with Crippen molar-refractivity contribution in [2.75, 3.05) is 24.3 Å². The van der Waals surface area contributed by atoms with E-state index in [1.54, 1.807) is 30.2 Å². The number of nitrogen functional groups attached to an aromatic ring is 1. The van der Waals surface area contributed by atoms with Gasteiger partial charge in [-0.2, -0.15) is 0 Å². The number of fused-ring (bicyclic) bond motifs is 2. The van der Waals surface area contributed by atoms with Crippen LogP contribution in [0.4, 0.5) is 5.13 Å². The Balaban J connectivity index is 1.32. The predicted octanol–water partition coefficient (Wildman–Crippen LogP) is 0.649. The first-order chi connectivity index (χ1) is 17.4. The van der Waals surface area contributed by atoms with Crippen molar-refractivity contribution in [2.24, 2.45) is 5.16 Å². The zero-order valence-electron chi connectivity index (χ0n) is 18.5. The second-order valence-corrected chi connectivity index (χ2v) is 10.5. The van der Waals surface area contributed by atoms with Gasteiger partial charge in [-0.25, -0.2) is 14.8 Å². The maximum Gasteiger partial charge on any atom is 0.352 e. The molecule has 2 amide bonds. The van der Waals surface area contributed by atoms with Gasteiger partial charge in [0.15, 0.2) is 16.5 Å². The van der Waals surface area contributed by atoms with Crippen LogP contribution in [0.15, 0.2) is 51.6 Å². The number of rotatable bonds is 8. The average Bonchev–Trinajstić information content (AvgIpc) is 3.52. The number of hydrogen-bond donors (Lipinski definition) is 3. The number of thioether (sulfide) groups is 2. The molecule has 2 aliphatic rings. The first kappa shape index (κ1) is 24.1. The number of imidazole rings is 1. The lowest BCUT2D eigenvalue weighted by molar-refractivity contribution is -0.150. The molecule has 0 bridgehead atoms. The molecule has 5 heterocycles. The summed E-state index contributed by atoms with van der Waals surface area (Å²) in [4.78, 5) is 56.4. The Morgan fingerprint density at radius 1 is 1.42 bits per heavy atom. The van der Waals surface area contributed by atoms with Gasteiger partial charge in [-0.05, 0) is 5.57 Å². The summed E-state index contributed by atoms with van der Waals surface area (Å²) < 4.78 is 1.85. The lowest BCUT2D eigenvalue weighted by Gasteiger charge is -2.49. The lowest BCUT2D eigenvalue weighted by Crippen LogP contribution is -2.71. The third-order valence-electron chi connectivity index (χ3n) is 5.37. The molecule has 0 saturated carbocycles. The van der Waals surface area contributed by atoms with Crippen LogP contribution in [-0.4, -0.2) is 82.9 Å².